The van der Waals surface area contributed by atoms with Crippen LogP contribution in [0.4, 0.5) is 4.39 Å². The summed E-state index contributed by atoms with van der Waals surface area (Å²) < 4.78 is 13.6. The quantitative estimate of drug-likeness (QED) is 0.751. The predicted octanol–water partition coefficient (Wildman–Crippen LogP) is 4.48. The van der Waals surface area contributed by atoms with Gasteiger partial charge in [0.2, 0.25) is 0 Å². The summed E-state index contributed by atoms with van der Waals surface area (Å²) in [6.45, 7) is 7.47. The second-order valence-corrected chi connectivity index (χ2v) is 5.44. The number of aryl methyl sites for hydroxylation is 4. The number of benzene rings is 2. The zero-order chi connectivity index (χ0) is 14.9. The molecule has 0 unspecified atom stereocenters. The van der Waals surface area contributed by atoms with Crippen LogP contribution in [-0.2, 0) is 6.42 Å². The molecule has 0 amide bonds. The summed E-state index contributed by atoms with van der Waals surface area (Å²) in [5, 5.41) is 0. The van der Waals surface area contributed by atoms with Crippen molar-refractivity contribution < 1.29 is 9.18 Å². The molecule has 2 aromatic rings. The van der Waals surface area contributed by atoms with Crippen molar-refractivity contribution in [2.75, 3.05) is 0 Å². The van der Waals surface area contributed by atoms with Crippen LogP contribution in [0.3, 0.4) is 0 Å². The molecule has 0 saturated carbocycles. The third kappa shape index (κ3) is 2.96. The van der Waals surface area contributed by atoms with Crippen LogP contribution in [0.1, 0.15) is 38.2 Å². The Labute approximate surface area is 119 Å². The first kappa shape index (κ1) is 14.4. The van der Waals surface area contributed by atoms with Crippen molar-refractivity contribution in [1.82, 2.24) is 0 Å². The van der Waals surface area contributed by atoms with E-state index in [-0.39, 0.29) is 11.6 Å². The lowest BCUT2D eigenvalue weighted by Gasteiger charge is -2.08. The monoisotopic (exact) mass is 270 g/mol. The highest BCUT2D eigenvalue weighted by molar-refractivity contribution is 5.97. The normalized spacial score (nSPS) is 10.7. The van der Waals surface area contributed by atoms with Crippen molar-refractivity contribution in [2.45, 2.75) is 34.1 Å². The number of hydrogen-bond donors (Lipinski definition) is 0. The van der Waals surface area contributed by atoms with Gasteiger partial charge in [-0.05, 0) is 67.6 Å². The predicted molar refractivity (Wildman–Crippen MR) is 79.8 cm³/mol. The molecule has 0 spiro atoms. The zero-order valence-corrected chi connectivity index (χ0v) is 12.4. The zero-order valence-electron chi connectivity index (χ0n) is 12.4. The number of carbonyl (C=O) groups excluding carboxylic acids is 1. The summed E-state index contributed by atoms with van der Waals surface area (Å²) in [6.07, 6.45) is 0.353. The molecule has 0 radical (unpaired) electrons. The van der Waals surface area contributed by atoms with Gasteiger partial charge < -0.3 is 0 Å². The fourth-order valence-corrected chi connectivity index (χ4v) is 2.31. The van der Waals surface area contributed by atoms with Gasteiger partial charge in [-0.1, -0.05) is 18.2 Å². The first-order valence-corrected chi connectivity index (χ1v) is 6.74. The molecule has 0 aliphatic carbocycles. The molecule has 0 atom stereocenters. The van der Waals surface area contributed by atoms with Crippen molar-refractivity contribution in [2.24, 2.45) is 0 Å². The van der Waals surface area contributed by atoms with E-state index in [4.69, 9.17) is 0 Å². The van der Waals surface area contributed by atoms with Gasteiger partial charge in [0.25, 0.3) is 0 Å². The van der Waals surface area contributed by atoms with E-state index in [9.17, 15) is 9.18 Å². The molecular formula is C18H19FO. The topological polar surface area (TPSA) is 17.1 Å². The highest BCUT2D eigenvalue weighted by Gasteiger charge is 2.11. The Morgan fingerprint density at radius 3 is 2.05 bits per heavy atom. The maximum absolute atomic E-state index is 13.6. The minimum absolute atomic E-state index is 0.0273. The average Bonchev–Trinajstić information content (AvgIpc) is 2.39. The molecule has 0 saturated heterocycles. The molecule has 1 nitrogen and oxygen atoms in total. The third-order valence-electron chi connectivity index (χ3n) is 3.69. The molecule has 0 bridgehead atoms. The van der Waals surface area contributed by atoms with E-state index in [2.05, 4.69) is 0 Å². The van der Waals surface area contributed by atoms with Crippen LogP contribution < -0.4 is 0 Å². The molecule has 2 heteroatoms. The fourth-order valence-electron chi connectivity index (χ4n) is 2.31. The van der Waals surface area contributed by atoms with Crippen LogP contribution in [-0.4, -0.2) is 5.78 Å². The molecule has 2 rings (SSSR count). The molecule has 0 aliphatic heterocycles. The largest absolute Gasteiger partial charge is 0.294 e. The molecule has 2 aromatic carbocycles. The molecular weight excluding hydrogens is 251 g/mol. The Morgan fingerprint density at radius 1 is 0.900 bits per heavy atom. The lowest BCUT2D eigenvalue weighted by Crippen LogP contribution is -2.06. The summed E-state index contributed by atoms with van der Waals surface area (Å²) >= 11 is 0. The number of Topliss-reactive ketones (excluding diaryl/α,β-unsaturated/α-hetero) is 1. The van der Waals surface area contributed by atoms with Crippen molar-refractivity contribution in [3.05, 3.63) is 69.5 Å². The van der Waals surface area contributed by atoms with Crippen molar-refractivity contribution >= 4 is 5.78 Å². The van der Waals surface area contributed by atoms with Gasteiger partial charge in [0.05, 0.1) is 0 Å². The molecule has 0 N–H and O–H groups in total. The SMILES string of the molecule is Cc1ccc(CC(=O)c2cc(C)c(F)c(C)c2)cc1C. The minimum Gasteiger partial charge on any atom is -0.294 e. The number of rotatable bonds is 3. The summed E-state index contributed by atoms with van der Waals surface area (Å²) in [6, 6.07) is 9.30. The summed E-state index contributed by atoms with van der Waals surface area (Å²) in [7, 11) is 0. The van der Waals surface area contributed by atoms with Crippen LogP contribution in [0, 0.1) is 33.5 Å². The molecule has 0 aliphatic rings. The Hall–Kier alpha value is -1.96. The summed E-state index contributed by atoms with van der Waals surface area (Å²) in [4.78, 5) is 12.3. The highest BCUT2D eigenvalue weighted by atomic mass is 19.1. The van der Waals surface area contributed by atoms with E-state index >= 15 is 0 Å². The highest BCUT2D eigenvalue weighted by Crippen LogP contribution is 2.17. The standard InChI is InChI=1S/C18H19FO/c1-11-5-6-15(7-12(11)2)10-17(20)16-8-13(3)18(19)14(4)9-16/h5-9H,10H2,1-4H3. The lowest BCUT2D eigenvalue weighted by molar-refractivity contribution is 0.0992. The molecule has 0 heterocycles. The Kier molecular flexibility index (Phi) is 4.03. The number of hydrogen-bond acceptors (Lipinski definition) is 1. The van der Waals surface area contributed by atoms with Gasteiger partial charge in [-0.3, -0.25) is 4.79 Å². The van der Waals surface area contributed by atoms with Crippen molar-refractivity contribution in [3.63, 3.8) is 0 Å². The van der Waals surface area contributed by atoms with Crippen LogP contribution >= 0.6 is 0 Å². The maximum Gasteiger partial charge on any atom is 0.167 e. The van der Waals surface area contributed by atoms with Gasteiger partial charge in [-0.2, -0.15) is 0 Å². The van der Waals surface area contributed by atoms with Gasteiger partial charge in [0.15, 0.2) is 5.78 Å². The van der Waals surface area contributed by atoms with Crippen LogP contribution in [0.25, 0.3) is 0 Å². The van der Waals surface area contributed by atoms with Gasteiger partial charge in [-0.15, -0.1) is 0 Å². The van der Waals surface area contributed by atoms with E-state index < -0.39 is 0 Å². The van der Waals surface area contributed by atoms with Gasteiger partial charge in [-0.25, -0.2) is 4.39 Å². The van der Waals surface area contributed by atoms with Crippen molar-refractivity contribution in [3.8, 4) is 0 Å². The average molecular weight is 270 g/mol. The Balaban J connectivity index is 2.26. The fraction of sp³-hybridized carbons (Fsp3) is 0.278. The molecule has 20 heavy (non-hydrogen) atoms. The number of ketones is 1. The third-order valence-corrected chi connectivity index (χ3v) is 3.69. The van der Waals surface area contributed by atoms with E-state index in [1.54, 1.807) is 26.0 Å². The minimum atomic E-state index is -0.229. The van der Waals surface area contributed by atoms with Crippen LogP contribution in [0.5, 0.6) is 0 Å². The van der Waals surface area contributed by atoms with E-state index in [0.717, 1.165) is 5.56 Å². The Bertz CT molecular complexity index is 648. The summed E-state index contributed by atoms with van der Waals surface area (Å²) in [5.74, 6) is -0.202. The van der Waals surface area contributed by atoms with Crippen molar-refractivity contribution in [1.29, 1.82) is 0 Å². The van der Waals surface area contributed by atoms with Gasteiger partial charge >= 0.3 is 0 Å². The first-order valence-electron chi connectivity index (χ1n) is 6.74. The molecule has 104 valence electrons. The summed E-state index contributed by atoms with van der Waals surface area (Å²) in [5.41, 5.74) is 5.02. The Morgan fingerprint density at radius 2 is 1.50 bits per heavy atom. The van der Waals surface area contributed by atoms with E-state index in [1.165, 1.54) is 11.1 Å². The number of carbonyl (C=O) groups is 1. The van der Waals surface area contributed by atoms with Crippen LogP contribution in [0.2, 0.25) is 0 Å². The first-order chi connectivity index (χ1) is 9.38. The lowest BCUT2D eigenvalue weighted by atomic mass is 9.97. The number of halogens is 1. The molecule has 0 aromatic heterocycles. The molecule has 0 fully saturated rings. The smallest absolute Gasteiger partial charge is 0.167 e. The second-order valence-electron chi connectivity index (χ2n) is 5.44. The second kappa shape index (κ2) is 5.58. The maximum atomic E-state index is 13.6. The van der Waals surface area contributed by atoms with Gasteiger partial charge in [0, 0.05) is 12.0 Å². The van der Waals surface area contributed by atoms with E-state index in [1.807, 2.05) is 32.0 Å². The van der Waals surface area contributed by atoms with Gasteiger partial charge in [0.1, 0.15) is 5.82 Å². The van der Waals surface area contributed by atoms with E-state index in [0.29, 0.717) is 23.1 Å². The van der Waals surface area contributed by atoms with Crippen LogP contribution in [0.15, 0.2) is 30.3 Å².